The van der Waals surface area contributed by atoms with Crippen molar-refractivity contribution in [2.75, 3.05) is 32.7 Å². The number of nitrogens with one attached hydrogen (secondary N) is 2. The first-order chi connectivity index (χ1) is 12.7. The third-order valence-electron chi connectivity index (χ3n) is 3.52. The Kier molecular flexibility index (Phi) is 10.3. The van der Waals surface area contributed by atoms with Crippen molar-refractivity contribution in [3.05, 3.63) is 42.1 Å². The van der Waals surface area contributed by atoms with E-state index in [1.165, 1.54) is 0 Å². The molecule has 7 nitrogen and oxygen atoms in total. The van der Waals surface area contributed by atoms with Crippen LogP contribution < -0.4 is 24.8 Å². The molecule has 0 saturated carbocycles. The molecule has 8 heteroatoms. The predicted octanol–water partition coefficient (Wildman–Crippen LogP) is 3.69. The lowest BCUT2D eigenvalue weighted by Crippen LogP contribution is -2.30. The lowest BCUT2D eigenvalue weighted by atomic mass is 10.2. The minimum atomic E-state index is 0. The highest BCUT2D eigenvalue weighted by Crippen LogP contribution is 2.30. The van der Waals surface area contributed by atoms with E-state index in [-0.39, 0.29) is 24.0 Å². The van der Waals surface area contributed by atoms with Gasteiger partial charge in [0, 0.05) is 30.1 Å². The highest BCUT2D eigenvalue weighted by atomic mass is 127. The van der Waals surface area contributed by atoms with E-state index in [0.717, 1.165) is 17.8 Å². The summed E-state index contributed by atoms with van der Waals surface area (Å²) in [5.41, 5.74) is 1.76. The van der Waals surface area contributed by atoms with Gasteiger partial charge in [-0.15, -0.1) is 24.0 Å². The van der Waals surface area contributed by atoms with Gasteiger partial charge in [0.15, 0.2) is 17.5 Å². The molecule has 1 aromatic heterocycles. The van der Waals surface area contributed by atoms with Crippen LogP contribution in [0.5, 0.6) is 17.4 Å². The molecule has 0 radical (unpaired) electrons. The molecule has 0 fully saturated rings. The van der Waals surface area contributed by atoms with Gasteiger partial charge in [-0.25, -0.2) is 9.98 Å². The molecule has 0 saturated heterocycles. The molecule has 2 N–H and O–H groups in total. The molecular weight excluding hydrogens is 459 g/mol. The van der Waals surface area contributed by atoms with Crippen molar-refractivity contribution in [1.29, 1.82) is 0 Å². The highest BCUT2D eigenvalue weighted by molar-refractivity contribution is 14.0. The first-order valence-corrected chi connectivity index (χ1v) is 8.55. The molecule has 2 rings (SSSR count). The second-order valence-electron chi connectivity index (χ2n) is 5.29. The summed E-state index contributed by atoms with van der Waals surface area (Å²) in [5.74, 6) is 2.61. The fraction of sp³-hybridized carbons (Fsp3) is 0.368. The van der Waals surface area contributed by atoms with Crippen LogP contribution in [-0.4, -0.2) is 38.3 Å². The standard InChI is InChI=1S/C19H26N4O3.HI/c1-5-20-19(22-13-14-8-7-11-21-18(14)25-4)23-15-9-10-16(26-6-2)17(12-15)24-3;/h7-12H,5-6,13H2,1-4H3,(H2,20,22,23);1H. The van der Waals surface area contributed by atoms with Crippen molar-refractivity contribution in [2.24, 2.45) is 4.99 Å². The minimum absolute atomic E-state index is 0. The molecular formula is C19H27IN4O3. The summed E-state index contributed by atoms with van der Waals surface area (Å²) >= 11 is 0. The Labute approximate surface area is 177 Å². The second-order valence-corrected chi connectivity index (χ2v) is 5.29. The normalized spacial score (nSPS) is 10.6. The molecule has 0 aliphatic heterocycles. The minimum Gasteiger partial charge on any atom is -0.493 e. The Morgan fingerprint density at radius 1 is 1.11 bits per heavy atom. The molecule has 0 unspecified atom stereocenters. The molecule has 0 bridgehead atoms. The number of guanidine groups is 1. The summed E-state index contributed by atoms with van der Waals surface area (Å²) in [6, 6.07) is 9.48. The van der Waals surface area contributed by atoms with Crippen molar-refractivity contribution < 1.29 is 14.2 Å². The molecule has 1 aromatic carbocycles. The van der Waals surface area contributed by atoms with E-state index in [0.29, 0.717) is 36.5 Å². The monoisotopic (exact) mass is 486 g/mol. The van der Waals surface area contributed by atoms with Crippen LogP contribution in [0.1, 0.15) is 19.4 Å². The molecule has 0 aliphatic rings. The van der Waals surface area contributed by atoms with Gasteiger partial charge in [-0.2, -0.15) is 0 Å². The summed E-state index contributed by atoms with van der Waals surface area (Å²) in [7, 11) is 3.22. The van der Waals surface area contributed by atoms with Gasteiger partial charge in [-0.3, -0.25) is 0 Å². The molecule has 0 atom stereocenters. The Morgan fingerprint density at radius 2 is 1.93 bits per heavy atom. The number of hydrogen-bond donors (Lipinski definition) is 2. The Balaban J connectivity index is 0.00000364. The van der Waals surface area contributed by atoms with Crippen LogP contribution in [0.2, 0.25) is 0 Å². The lowest BCUT2D eigenvalue weighted by Gasteiger charge is -2.14. The van der Waals surface area contributed by atoms with E-state index in [4.69, 9.17) is 14.2 Å². The fourth-order valence-corrected chi connectivity index (χ4v) is 2.36. The maximum absolute atomic E-state index is 5.55. The number of nitrogens with zero attached hydrogens (tertiary/aromatic N) is 2. The van der Waals surface area contributed by atoms with Crippen LogP contribution in [0, 0.1) is 0 Å². The van der Waals surface area contributed by atoms with E-state index in [2.05, 4.69) is 20.6 Å². The SMILES string of the molecule is CCNC(=NCc1cccnc1OC)Nc1ccc(OCC)c(OC)c1.I. The quantitative estimate of drug-likeness (QED) is 0.337. The topological polar surface area (TPSA) is 77.0 Å². The number of aromatic nitrogens is 1. The number of pyridine rings is 1. The summed E-state index contributed by atoms with van der Waals surface area (Å²) in [6.07, 6.45) is 1.70. The maximum Gasteiger partial charge on any atom is 0.218 e. The third-order valence-corrected chi connectivity index (χ3v) is 3.52. The van der Waals surface area contributed by atoms with Gasteiger partial charge in [0.25, 0.3) is 0 Å². The van der Waals surface area contributed by atoms with Crippen LogP contribution in [0.4, 0.5) is 5.69 Å². The van der Waals surface area contributed by atoms with Crippen molar-refractivity contribution >= 4 is 35.6 Å². The third kappa shape index (κ3) is 6.78. The summed E-state index contributed by atoms with van der Waals surface area (Å²) in [6.45, 7) is 5.72. The van der Waals surface area contributed by atoms with Gasteiger partial charge >= 0.3 is 0 Å². The Bertz CT molecular complexity index is 741. The summed E-state index contributed by atoms with van der Waals surface area (Å²) in [4.78, 5) is 8.80. The first kappa shape index (κ1) is 22.8. The van der Waals surface area contributed by atoms with E-state index in [1.54, 1.807) is 20.4 Å². The molecule has 0 spiro atoms. The van der Waals surface area contributed by atoms with Crippen LogP contribution >= 0.6 is 24.0 Å². The van der Waals surface area contributed by atoms with Gasteiger partial charge in [0.05, 0.1) is 27.4 Å². The van der Waals surface area contributed by atoms with E-state index in [9.17, 15) is 0 Å². The molecule has 148 valence electrons. The number of aliphatic imine (C=N–C) groups is 1. The zero-order valence-electron chi connectivity index (χ0n) is 16.1. The zero-order valence-corrected chi connectivity index (χ0v) is 18.4. The Morgan fingerprint density at radius 3 is 2.59 bits per heavy atom. The lowest BCUT2D eigenvalue weighted by molar-refractivity contribution is 0.311. The largest absolute Gasteiger partial charge is 0.493 e. The van der Waals surface area contributed by atoms with Gasteiger partial charge < -0.3 is 24.8 Å². The van der Waals surface area contributed by atoms with Crippen molar-refractivity contribution in [2.45, 2.75) is 20.4 Å². The maximum atomic E-state index is 5.55. The molecule has 0 aliphatic carbocycles. The molecule has 2 aromatic rings. The zero-order chi connectivity index (χ0) is 18.8. The van der Waals surface area contributed by atoms with E-state index in [1.807, 2.05) is 44.2 Å². The molecule has 0 amide bonds. The van der Waals surface area contributed by atoms with Crippen molar-refractivity contribution in [3.63, 3.8) is 0 Å². The fourth-order valence-electron chi connectivity index (χ4n) is 2.36. The number of methoxy groups -OCH3 is 2. The number of hydrogen-bond acceptors (Lipinski definition) is 5. The number of ether oxygens (including phenoxy) is 3. The number of halogens is 1. The molecule has 27 heavy (non-hydrogen) atoms. The van der Waals surface area contributed by atoms with Gasteiger partial charge in [-0.1, -0.05) is 6.07 Å². The van der Waals surface area contributed by atoms with E-state index < -0.39 is 0 Å². The average Bonchev–Trinajstić information content (AvgIpc) is 2.67. The second kappa shape index (κ2) is 12.2. The number of anilines is 1. The van der Waals surface area contributed by atoms with Crippen molar-refractivity contribution in [1.82, 2.24) is 10.3 Å². The number of benzene rings is 1. The van der Waals surface area contributed by atoms with Crippen LogP contribution in [0.15, 0.2) is 41.5 Å². The molecule has 1 heterocycles. The van der Waals surface area contributed by atoms with Crippen LogP contribution in [0.3, 0.4) is 0 Å². The van der Waals surface area contributed by atoms with E-state index >= 15 is 0 Å². The smallest absolute Gasteiger partial charge is 0.218 e. The van der Waals surface area contributed by atoms with Gasteiger partial charge in [0.1, 0.15) is 0 Å². The number of rotatable bonds is 8. The first-order valence-electron chi connectivity index (χ1n) is 8.55. The summed E-state index contributed by atoms with van der Waals surface area (Å²) < 4.78 is 16.2. The van der Waals surface area contributed by atoms with Gasteiger partial charge in [-0.05, 0) is 32.0 Å². The average molecular weight is 486 g/mol. The summed E-state index contributed by atoms with van der Waals surface area (Å²) in [5, 5.41) is 6.50. The van der Waals surface area contributed by atoms with Gasteiger partial charge in [0.2, 0.25) is 5.88 Å². The van der Waals surface area contributed by atoms with Crippen LogP contribution in [0.25, 0.3) is 0 Å². The van der Waals surface area contributed by atoms with Crippen molar-refractivity contribution in [3.8, 4) is 17.4 Å². The van der Waals surface area contributed by atoms with Crippen LogP contribution in [-0.2, 0) is 6.54 Å². The highest BCUT2D eigenvalue weighted by Gasteiger charge is 2.08. The Hall–Kier alpha value is -2.23. The predicted molar refractivity (Wildman–Crippen MR) is 119 cm³/mol.